The van der Waals surface area contributed by atoms with Gasteiger partial charge in [-0.3, -0.25) is 4.79 Å². The van der Waals surface area contributed by atoms with Gasteiger partial charge in [-0.15, -0.1) is 0 Å². The van der Waals surface area contributed by atoms with E-state index in [2.05, 4.69) is 10.3 Å². The molecule has 1 aromatic heterocycles. The molecular formula is C20H18Cl2N2O4S. The van der Waals surface area contributed by atoms with Gasteiger partial charge < -0.3 is 9.73 Å². The molecule has 3 aromatic rings. The molecule has 0 fully saturated rings. The van der Waals surface area contributed by atoms with Gasteiger partial charge in [0.2, 0.25) is 11.8 Å². The molecular weight excluding hydrogens is 435 g/mol. The Bertz CT molecular complexity index is 1140. The maximum Gasteiger partial charge on any atom is 0.235 e. The third kappa shape index (κ3) is 5.59. The zero-order chi connectivity index (χ0) is 21.0. The highest BCUT2D eigenvalue weighted by molar-refractivity contribution is 7.91. The van der Waals surface area contributed by atoms with Gasteiger partial charge in [0.25, 0.3) is 0 Å². The third-order valence-electron chi connectivity index (χ3n) is 4.14. The average Bonchev–Trinajstić information content (AvgIpc) is 3.00. The van der Waals surface area contributed by atoms with Crippen LogP contribution in [-0.2, 0) is 26.9 Å². The highest BCUT2D eigenvalue weighted by Gasteiger charge is 2.22. The number of halogens is 2. The normalized spacial score (nSPS) is 11.4. The Morgan fingerprint density at radius 1 is 1.07 bits per heavy atom. The van der Waals surface area contributed by atoms with Crippen molar-refractivity contribution >= 4 is 38.9 Å². The molecule has 0 saturated carbocycles. The summed E-state index contributed by atoms with van der Waals surface area (Å²) in [6.45, 7) is 1.77. The summed E-state index contributed by atoms with van der Waals surface area (Å²) >= 11 is 12.2. The molecule has 0 aliphatic heterocycles. The number of amides is 1. The van der Waals surface area contributed by atoms with E-state index in [1.54, 1.807) is 55.5 Å². The number of nitrogens with one attached hydrogen (secondary N) is 1. The predicted molar refractivity (Wildman–Crippen MR) is 112 cm³/mol. The number of aryl methyl sites for hydroxylation is 1. The van der Waals surface area contributed by atoms with Crippen LogP contribution >= 0.6 is 23.2 Å². The second-order valence-electron chi connectivity index (χ2n) is 6.40. The lowest BCUT2D eigenvalue weighted by Crippen LogP contribution is -2.30. The van der Waals surface area contributed by atoms with Crippen molar-refractivity contribution in [3.05, 3.63) is 75.6 Å². The second-order valence-corrected chi connectivity index (χ2v) is 9.28. The minimum atomic E-state index is -3.75. The quantitative estimate of drug-likeness (QED) is 0.580. The summed E-state index contributed by atoms with van der Waals surface area (Å²) in [5, 5.41) is 3.52. The van der Waals surface area contributed by atoms with Crippen LogP contribution in [0.2, 0.25) is 10.0 Å². The molecule has 0 saturated heterocycles. The number of hydrogen-bond acceptors (Lipinski definition) is 5. The van der Waals surface area contributed by atoms with Crippen molar-refractivity contribution in [1.82, 2.24) is 10.3 Å². The molecule has 152 valence electrons. The van der Waals surface area contributed by atoms with Gasteiger partial charge in [-0.25, -0.2) is 13.4 Å². The van der Waals surface area contributed by atoms with E-state index in [-0.39, 0.29) is 18.1 Å². The largest absolute Gasteiger partial charge is 0.441 e. The Balaban J connectivity index is 1.66. The Labute approximate surface area is 178 Å². The van der Waals surface area contributed by atoms with Crippen molar-refractivity contribution in [2.24, 2.45) is 0 Å². The first kappa shape index (κ1) is 21.4. The topological polar surface area (TPSA) is 89.3 Å². The second kappa shape index (κ2) is 8.98. The van der Waals surface area contributed by atoms with E-state index in [9.17, 15) is 13.2 Å². The number of benzene rings is 2. The van der Waals surface area contributed by atoms with Gasteiger partial charge in [-0.05, 0) is 30.7 Å². The van der Waals surface area contributed by atoms with Crippen molar-refractivity contribution in [3.8, 4) is 11.5 Å². The van der Waals surface area contributed by atoms with Crippen LogP contribution < -0.4 is 5.32 Å². The highest BCUT2D eigenvalue weighted by atomic mass is 35.5. The SMILES string of the molecule is Cc1oc(-c2ccccc2Cl)nc1CS(=O)(=O)CC(=O)NCc1ccccc1Cl. The van der Waals surface area contributed by atoms with Gasteiger partial charge in [0.15, 0.2) is 9.84 Å². The Kier molecular flexibility index (Phi) is 6.62. The number of oxazole rings is 1. The lowest BCUT2D eigenvalue weighted by atomic mass is 10.2. The van der Waals surface area contributed by atoms with Crippen molar-refractivity contribution in [1.29, 1.82) is 0 Å². The summed E-state index contributed by atoms with van der Waals surface area (Å²) in [6.07, 6.45) is 0. The first-order chi connectivity index (χ1) is 13.7. The first-order valence-electron chi connectivity index (χ1n) is 8.67. The van der Waals surface area contributed by atoms with Gasteiger partial charge in [-0.1, -0.05) is 53.5 Å². The van der Waals surface area contributed by atoms with Crippen LogP contribution in [0, 0.1) is 6.92 Å². The van der Waals surface area contributed by atoms with Gasteiger partial charge in [0.1, 0.15) is 11.5 Å². The molecule has 1 N–H and O–H groups in total. The van der Waals surface area contributed by atoms with Crippen LogP contribution in [-0.4, -0.2) is 25.1 Å². The Morgan fingerprint density at radius 3 is 2.41 bits per heavy atom. The van der Waals surface area contributed by atoms with Gasteiger partial charge in [-0.2, -0.15) is 0 Å². The number of nitrogens with zero attached hydrogens (tertiary/aromatic N) is 1. The standard InChI is InChI=1S/C20H18Cl2N2O4S/c1-13-18(24-20(28-13)15-7-3-5-9-17(15)22)11-29(26,27)12-19(25)23-10-14-6-2-4-8-16(14)21/h2-9H,10-12H2,1H3,(H,23,25). The zero-order valence-corrected chi connectivity index (χ0v) is 17.8. The van der Waals surface area contributed by atoms with E-state index >= 15 is 0 Å². The maximum absolute atomic E-state index is 12.5. The fourth-order valence-electron chi connectivity index (χ4n) is 2.66. The van der Waals surface area contributed by atoms with Crippen LogP contribution in [0.15, 0.2) is 52.9 Å². The summed E-state index contributed by atoms with van der Waals surface area (Å²) in [5.41, 5.74) is 1.52. The fraction of sp³-hybridized carbons (Fsp3) is 0.200. The lowest BCUT2D eigenvalue weighted by molar-refractivity contribution is -0.118. The molecule has 3 rings (SSSR count). The molecule has 0 atom stereocenters. The van der Waals surface area contributed by atoms with Crippen LogP contribution in [0.5, 0.6) is 0 Å². The molecule has 0 unspecified atom stereocenters. The minimum Gasteiger partial charge on any atom is -0.441 e. The molecule has 1 heterocycles. The molecule has 1 amide bonds. The van der Waals surface area contributed by atoms with Crippen LogP contribution in [0.1, 0.15) is 17.0 Å². The monoisotopic (exact) mass is 452 g/mol. The van der Waals surface area contributed by atoms with Gasteiger partial charge in [0.05, 0.1) is 22.0 Å². The maximum atomic E-state index is 12.5. The Hall–Kier alpha value is -2.35. The number of sulfone groups is 1. The first-order valence-corrected chi connectivity index (χ1v) is 11.2. The van der Waals surface area contributed by atoms with E-state index in [4.69, 9.17) is 27.6 Å². The van der Waals surface area contributed by atoms with Crippen LogP contribution in [0.3, 0.4) is 0 Å². The highest BCUT2D eigenvalue weighted by Crippen LogP contribution is 2.29. The third-order valence-corrected chi connectivity index (χ3v) is 6.25. The number of hydrogen-bond donors (Lipinski definition) is 1. The number of carbonyl (C=O) groups excluding carboxylic acids is 1. The van der Waals surface area contributed by atoms with E-state index in [1.165, 1.54) is 0 Å². The van der Waals surface area contributed by atoms with Gasteiger partial charge in [0, 0.05) is 11.6 Å². The predicted octanol–water partition coefficient (Wildman–Crippen LogP) is 4.19. The van der Waals surface area contributed by atoms with Gasteiger partial charge >= 0.3 is 0 Å². The average molecular weight is 453 g/mol. The lowest BCUT2D eigenvalue weighted by Gasteiger charge is -2.07. The molecule has 0 spiro atoms. The summed E-state index contributed by atoms with van der Waals surface area (Å²) in [7, 11) is -3.75. The van der Waals surface area contributed by atoms with E-state index < -0.39 is 27.3 Å². The summed E-state index contributed by atoms with van der Waals surface area (Å²) in [4.78, 5) is 16.4. The molecule has 0 radical (unpaired) electrons. The molecule has 6 nitrogen and oxygen atoms in total. The summed E-state index contributed by atoms with van der Waals surface area (Å²) < 4.78 is 30.5. The molecule has 29 heavy (non-hydrogen) atoms. The Morgan fingerprint density at radius 2 is 1.72 bits per heavy atom. The van der Waals surface area contributed by atoms with Crippen LogP contribution in [0.4, 0.5) is 0 Å². The van der Waals surface area contributed by atoms with Crippen molar-refractivity contribution < 1.29 is 17.6 Å². The molecule has 0 aliphatic carbocycles. The van der Waals surface area contributed by atoms with Crippen molar-refractivity contribution in [2.45, 2.75) is 19.2 Å². The van der Waals surface area contributed by atoms with Crippen molar-refractivity contribution in [2.75, 3.05) is 5.75 Å². The van der Waals surface area contributed by atoms with E-state index in [0.29, 0.717) is 26.9 Å². The summed E-state index contributed by atoms with van der Waals surface area (Å²) in [5.74, 6) is -1.09. The minimum absolute atomic E-state index is 0.146. The zero-order valence-electron chi connectivity index (χ0n) is 15.5. The van der Waals surface area contributed by atoms with Crippen molar-refractivity contribution in [3.63, 3.8) is 0 Å². The fourth-order valence-corrected chi connectivity index (χ4v) is 4.36. The smallest absolute Gasteiger partial charge is 0.235 e. The molecule has 2 aromatic carbocycles. The summed E-state index contributed by atoms with van der Waals surface area (Å²) in [6, 6.07) is 14.0. The number of carbonyl (C=O) groups is 1. The van der Waals surface area contributed by atoms with E-state index in [1.807, 2.05) is 0 Å². The van der Waals surface area contributed by atoms with Crippen LogP contribution in [0.25, 0.3) is 11.5 Å². The number of aromatic nitrogens is 1. The number of rotatable bonds is 7. The van der Waals surface area contributed by atoms with E-state index in [0.717, 1.165) is 0 Å². The molecule has 0 bridgehead atoms. The molecule has 0 aliphatic rings. The molecule has 9 heteroatoms.